The highest BCUT2D eigenvalue weighted by Gasteiger charge is 2.35. The number of fused-ring (bicyclic) bond motifs is 1. The summed E-state index contributed by atoms with van der Waals surface area (Å²) in [5, 5.41) is 19.3. The Bertz CT molecular complexity index is 2690. The van der Waals surface area contributed by atoms with Gasteiger partial charge in [0.25, 0.3) is 0 Å². The third-order valence-electron chi connectivity index (χ3n) is 12.9. The number of primary amides is 1. The fourth-order valence-electron chi connectivity index (χ4n) is 8.73. The van der Waals surface area contributed by atoms with Gasteiger partial charge in [0.2, 0.25) is 47.3 Å². The number of guanidine groups is 1. The van der Waals surface area contributed by atoms with E-state index in [2.05, 4.69) is 57.2 Å². The molecule has 24 heteroatoms. The predicted molar refractivity (Wildman–Crippen MR) is 280 cm³/mol. The van der Waals surface area contributed by atoms with Gasteiger partial charge in [0.1, 0.15) is 30.0 Å². The third kappa shape index (κ3) is 18.8. The van der Waals surface area contributed by atoms with Gasteiger partial charge in [0.15, 0.2) is 11.7 Å². The molecule has 5 rings (SSSR count). The van der Waals surface area contributed by atoms with Crippen molar-refractivity contribution in [2.24, 2.45) is 34.0 Å². The Morgan fingerprint density at radius 3 is 2.14 bits per heavy atom. The summed E-state index contributed by atoms with van der Waals surface area (Å²) in [5.74, 6) is -9.87. The molecule has 0 saturated carbocycles. The Morgan fingerprint density at radius 1 is 0.776 bits per heavy atom. The van der Waals surface area contributed by atoms with Crippen LogP contribution in [0.2, 0.25) is 0 Å². The molecule has 408 valence electrons. The number of aromatic amines is 2. The molecule has 0 unspecified atom stereocenters. The van der Waals surface area contributed by atoms with Crippen molar-refractivity contribution in [2.45, 2.75) is 121 Å². The quantitative estimate of drug-likeness (QED) is 0.0314. The number of ketones is 2. The van der Waals surface area contributed by atoms with E-state index in [1.807, 2.05) is 31.2 Å². The molecule has 0 bridgehead atoms. The second-order valence-corrected chi connectivity index (χ2v) is 18.9. The fraction of sp³-hybridized carbons (Fsp3) is 0.462. The first-order valence-corrected chi connectivity index (χ1v) is 25.4. The second-order valence-electron chi connectivity index (χ2n) is 18.9. The van der Waals surface area contributed by atoms with Crippen LogP contribution in [0.4, 0.5) is 0 Å². The van der Waals surface area contributed by atoms with E-state index in [-0.39, 0.29) is 51.0 Å². The Labute approximate surface area is 439 Å². The van der Waals surface area contributed by atoms with Crippen molar-refractivity contribution in [3.05, 3.63) is 90.1 Å². The van der Waals surface area contributed by atoms with Crippen molar-refractivity contribution < 1.29 is 47.9 Å². The van der Waals surface area contributed by atoms with E-state index in [1.165, 1.54) is 19.4 Å². The molecule has 76 heavy (non-hydrogen) atoms. The summed E-state index contributed by atoms with van der Waals surface area (Å²) in [4.78, 5) is 152. The number of para-hydroxylation sites is 1. The van der Waals surface area contributed by atoms with Crippen molar-refractivity contribution >= 4 is 75.7 Å². The molecule has 1 fully saturated rings. The predicted octanol–water partition coefficient (Wildman–Crippen LogP) is -0.731. The molecule has 3 heterocycles. The lowest BCUT2D eigenvalue weighted by atomic mass is 9.85. The topological polar surface area (TPSA) is 390 Å². The van der Waals surface area contributed by atoms with Crippen molar-refractivity contribution in [1.82, 2.24) is 52.2 Å². The Balaban J connectivity index is 1.52. The number of hydrogen-bond acceptors (Lipinski definition) is 12. The summed E-state index contributed by atoms with van der Waals surface area (Å²) in [6.07, 6.45) is 4.07. The summed E-state index contributed by atoms with van der Waals surface area (Å²) in [5.41, 5.74) is 19.5. The van der Waals surface area contributed by atoms with Crippen molar-refractivity contribution in [3.8, 4) is 0 Å². The molecule has 7 atom stereocenters. The van der Waals surface area contributed by atoms with Crippen LogP contribution >= 0.6 is 0 Å². The normalized spacial score (nSPS) is 20.3. The maximum Gasteiger partial charge on any atom is 0.245 e. The highest BCUT2D eigenvalue weighted by Crippen LogP contribution is 2.23. The van der Waals surface area contributed by atoms with Crippen LogP contribution in [0, 0.1) is 11.8 Å². The second kappa shape index (κ2) is 29.5. The zero-order valence-electron chi connectivity index (χ0n) is 42.8. The average molecular weight is 1050 g/mol. The molecule has 4 aromatic rings. The smallest absolute Gasteiger partial charge is 0.245 e. The maximum absolute atomic E-state index is 14.8. The fourth-order valence-corrected chi connectivity index (χ4v) is 8.73. The minimum absolute atomic E-state index is 0.0210. The Kier molecular flexibility index (Phi) is 22.6. The zero-order valence-corrected chi connectivity index (χ0v) is 42.8. The van der Waals surface area contributed by atoms with Crippen LogP contribution in [-0.4, -0.2) is 130 Å². The minimum atomic E-state index is -1.54. The van der Waals surface area contributed by atoms with E-state index in [0.717, 1.165) is 10.9 Å². The number of hydrogen-bond donors (Lipinski definition) is 12. The number of amides is 8. The van der Waals surface area contributed by atoms with Gasteiger partial charge in [0, 0.05) is 100.0 Å². The van der Waals surface area contributed by atoms with Gasteiger partial charge in [-0.1, -0.05) is 68.3 Å². The van der Waals surface area contributed by atoms with E-state index in [4.69, 9.17) is 17.2 Å². The van der Waals surface area contributed by atoms with Gasteiger partial charge in [-0.2, -0.15) is 0 Å². The number of H-pyrrole nitrogens is 2. The number of carbonyl (C=O) groups is 10. The molecule has 0 spiro atoms. The minimum Gasteiger partial charge on any atom is -0.370 e. The summed E-state index contributed by atoms with van der Waals surface area (Å²) in [6.45, 7) is 2.23. The van der Waals surface area contributed by atoms with Crippen LogP contribution in [-0.2, 0) is 67.2 Å². The van der Waals surface area contributed by atoms with Crippen molar-refractivity contribution in [2.75, 3.05) is 19.6 Å². The maximum atomic E-state index is 14.8. The molecule has 2 aromatic heterocycles. The number of imidazole rings is 1. The number of nitrogens with zero attached hydrogens (tertiary/aromatic N) is 2. The molecule has 2 aromatic carbocycles. The lowest BCUT2D eigenvalue weighted by molar-refractivity contribution is -0.135. The molecule has 1 saturated heterocycles. The summed E-state index contributed by atoms with van der Waals surface area (Å²) in [7, 11) is 0. The first-order chi connectivity index (χ1) is 36.4. The molecule has 1 aliphatic heterocycles. The lowest BCUT2D eigenvalue weighted by Gasteiger charge is -2.27. The number of Topliss-reactive ketones (excluding diaryl/α,β-unsaturated/α-hetero) is 2. The van der Waals surface area contributed by atoms with Gasteiger partial charge in [-0.15, -0.1) is 0 Å². The molecule has 0 aliphatic carbocycles. The summed E-state index contributed by atoms with van der Waals surface area (Å²) in [6, 6.07) is 9.46. The van der Waals surface area contributed by atoms with Gasteiger partial charge in [0.05, 0.1) is 18.3 Å². The number of carbonyl (C=O) groups excluding carboxylic acids is 10. The molecular weight excluding hydrogens is 981 g/mol. The van der Waals surface area contributed by atoms with Crippen molar-refractivity contribution in [1.29, 1.82) is 0 Å². The highest BCUT2D eigenvalue weighted by atomic mass is 16.2. The molecule has 8 amide bonds. The molecule has 0 radical (unpaired) electrons. The van der Waals surface area contributed by atoms with Crippen LogP contribution in [0.15, 0.2) is 78.3 Å². The number of nitrogens with one attached hydrogen (secondary N) is 9. The zero-order chi connectivity index (χ0) is 55.1. The van der Waals surface area contributed by atoms with Gasteiger partial charge in [-0.3, -0.25) is 52.9 Å². The number of unbranched alkanes of at least 4 members (excludes halogenated alkanes) is 1. The van der Waals surface area contributed by atoms with Crippen LogP contribution in [0.25, 0.3) is 10.9 Å². The van der Waals surface area contributed by atoms with Crippen LogP contribution in [0.5, 0.6) is 0 Å². The van der Waals surface area contributed by atoms with Crippen molar-refractivity contribution in [3.63, 3.8) is 0 Å². The number of aromatic nitrogens is 3. The number of rotatable bonds is 19. The van der Waals surface area contributed by atoms with E-state index in [9.17, 15) is 47.9 Å². The van der Waals surface area contributed by atoms with Gasteiger partial charge < -0.3 is 64.4 Å². The molecular formula is C52H70N14O10. The van der Waals surface area contributed by atoms with Crippen LogP contribution < -0.4 is 54.4 Å². The highest BCUT2D eigenvalue weighted by molar-refractivity contribution is 5.98. The average Bonchev–Trinajstić information content (AvgIpc) is 4.07. The SMILES string of the molecule is CCCC[C@H](NC(C)=O)C(=O)N[C@H]1CNC(=O)CCC(=O)NC[C@@H](C(=O)N[C@@H](Cc2c[nH]c3ccccc23)C(N)=O)CC(=O)[C@H](CCCN=C(N)N)CC(=O)[C@@H](Cc2ccccc2)NC(=O)[C@H](Cc2cnc[nH]2)NC1=O. The van der Waals surface area contributed by atoms with Gasteiger partial charge in [-0.25, -0.2) is 4.98 Å². The number of benzene rings is 2. The number of nitrogens with two attached hydrogens (primary N) is 3. The van der Waals surface area contributed by atoms with E-state index >= 15 is 0 Å². The first kappa shape index (κ1) is 58.4. The van der Waals surface area contributed by atoms with E-state index in [0.29, 0.717) is 29.7 Å². The number of aliphatic imine (C=N–C) groups is 1. The summed E-state index contributed by atoms with van der Waals surface area (Å²) >= 11 is 0. The summed E-state index contributed by atoms with van der Waals surface area (Å²) < 4.78 is 0. The Morgan fingerprint density at radius 2 is 1.47 bits per heavy atom. The molecule has 15 N–H and O–H groups in total. The van der Waals surface area contributed by atoms with Crippen LogP contribution in [0.3, 0.4) is 0 Å². The monoisotopic (exact) mass is 1050 g/mol. The standard InChI is InChI=1S/C52H70N14O10/c1-3-4-15-38(62-30(2)67)49(74)66-42-28-60-46(71)18-17-45(70)59-26-34(48(73)64-40(47(53)72)21-33-25-58-37-16-9-8-14-36(33)37)23-43(68)32(13-10-19-57-52(54)55)22-44(69)39(20-31-11-6-5-7-12-31)63-50(75)41(65-51(42)76)24-35-27-56-29-61-35/h5-9,11-12,14,16,25,27,29,32,34,38-42,58H,3-4,10,13,15,17-24,26,28H2,1-2H3,(H2,53,72)(H,56,61)(H,59,70)(H,60,71)(H,62,67)(H,63,75)(H,64,73)(H,65,76)(H,66,74)(H4,54,55,57)/t32-,34+,38+,39-,40+,41+,42+/m1/s1. The molecule has 1 aliphatic rings. The van der Waals surface area contributed by atoms with Gasteiger partial charge >= 0.3 is 0 Å². The van der Waals surface area contributed by atoms with Crippen LogP contribution in [0.1, 0.15) is 88.5 Å². The Hall–Kier alpha value is -8.44. The largest absolute Gasteiger partial charge is 0.370 e. The van der Waals surface area contributed by atoms with E-state index < -0.39 is 140 Å². The molecule has 24 nitrogen and oxygen atoms in total. The van der Waals surface area contributed by atoms with E-state index in [1.54, 1.807) is 36.5 Å². The first-order valence-electron chi connectivity index (χ1n) is 25.4. The van der Waals surface area contributed by atoms with Gasteiger partial charge in [-0.05, 0) is 42.9 Å². The lowest BCUT2D eigenvalue weighted by Crippen LogP contribution is -2.60. The third-order valence-corrected chi connectivity index (χ3v) is 12.9.